The predicted octanol–water partition coefficient (Wildman–Crippen LogP) is 3.05. The van der Waals surface area contributed by atoms with Crippen LogP contribution >= 0.6 is 11.6 Å². The number of fused-ring (bicyclic) bond motifs is 1. The number of nitriles is 1. The number of halogens is 1. The highest BCUT2D eigenvalue weighted by Crippen LogP contribution is 2.40. The number of benzene rings is 1. The minimum atomic E-state index is -0.0329. The fraction of sp³-hybridized carbons (Fsp3) is 0.586. The first-order valence-electron chi connectivity index (χ1n) is 14.2. The van der Waals surface area contributed by atoms with E-state index in [1.165, 1.54) is 19.4 Å². The van der Waals surface area contributed by atoms with Crippen LogP contribution in [0.4, 0.5) is 5.82 Å². The van der Waals surface area contributed by atoms with Gasteiger partial charge in [-0.15, -0.1) is 0 Å². The van der Waals surface area contributed by atoms with Crippen molar-refractivity contribution in [3.8, 4) is 11.8 Å². The fourth-order valence-electron chi connectivity index (χ4n) is 6.72. The molecule has 0 radical (unpaired) electrons. The van der Waals surface area contributed by atoms with Crippen LogP contribution in [0.15, 0.2) is 30.6 Å². The summed E-state index contributed by atoms with van der Waals surface area (Å²) in [5, 5.41) is 12.9. The highest BCUT2D eigenvalue weighted by atomic mass is 35.5. The van der Waals surface area contributed by atoms with E-state index in [-0.39, 0.29) is 12.0 Å². The Morgan fingerprint density at radius 3 is 2.46 bits per heavy atom. The smallest absolute Gasteiger partial charge is 0.274 e. The summed E-state index contributed by atoms with van der Waals surface area (Å²) < 4.78 is 6.16. The van der Waals surface area contributed by atoms with Gasteiger partial charge in [0, 0.05) is 65.0 Å². The zero-order valence-corrected chi connectivity index (χ0v) is 23.0. The SMILES string of the molecule is N#Cc1ccc(OC2C[C@@H]3CN(C(=O)c4cnc(N5CCC(CN6CCNCC6)CC5)cn4)C[C@@H]3C2)cc1Cl. The summed E-state index contributed by atoms with van der Waals surface area (Å²) in [6.07, 6.45) is 7.67. The van der Waals surface area contributed by atoms with Crippen LogP contribution in [0.3, 0.4) is 0 Å². The summed E-state index contributed by atoms with van der Waals surface area (Å²) in [4.78, 5) is 29.2. The number of piperazine rings is 1. The lowest BCUT2D eigenvalue weighted by Gasteiger charge is -2.36. The molecular formula is C29H36ClN7O2. The number of carbonyl (C=O) groups is 1. The second-order valence-electron chi connectivity index (χ2n) is 11.4. The molecule has 39 heavy (non-hydrogen) atoms. The first-order chi connectivity index (χ1) is 19.1. The molecule has 1 aliphatic carbocycles. The normalized spacial score (nSPS) is 25.9. The van der Waals surface area contributed by atoms with Crippen LogP contribution in [0.25, 0.3) is 0 Å². The Bertz CT molecular complexity index is 1190. The molecule has 3 aliphatic heterocycles. The summed E-state index contributed by atoms with van der Waals surface area (Å²) in [7, 11) is 0. The summed E-state index contributed by atoms with van der Waals surface area (Å²) >= 11 is 6.15. The average molecular weight is 550 g/mol. The maximum atomic E-state index is 13.2. The monoisotopic (exact) mass is 549 g/mol. The molecular weight excluding hydrogens is 514 g/mol. The number of carbonyl (C=O) groups excluding carboxylic acids is 1. The molecule has 3 atom stereocenters. The number of nitrogens with one attached hydrogen (secondary N) is 1. The molecule has 0 spiro atoms. The van der Waals surface area contributed by atoms with E-state index in [4.69, 9.17) is 21.6 Å². The maximum Gasteiger partial charge on any atom is 0.274 e. The largest absolute Gasteiger partial charge is 0.490 e. The van der Waals surface area contributed by atoms with Gasteiger partial charge in [-0.05, 0) is 55.6 Å². The molecule has 9 nitrogen and oxygen atoms in total. The van der Waals surface area contributed by atoms with Gasteiger partial charge in [0.15, 0.2) is 0 Å². The van der Waals surface area contributed by atoms with E-state index < -0.39 is 0 Å². The van der Waals surface area contributed by atoms with Gasteiger partial charge < -0.3 is 24.8 Å². The molecule has 1 N–H and O–H groups in total. The molecule has 206 valence electrons. The van der Waals surface area contributed by atoms with Gasteiger partial charge in [0.2, 0.25) is 0 Å². The zero-order valence-electron chi connectivity index (χ0n) is 22.3. The third-order valence-electron chi connectivity index (χ3n) is 8.88. The second-order valence-corrected chi connectivity index (χ2v) is 11.8. The van der Waals surface area contributed by atoms with E-state index in [0.29, 0.717) is 33.9 Å². The van der Waals surface area contributed by atoms with Gasteiger partial charge >= 0.3 is 0 Å². The van der Waals surface area contributed by atoms with Gasteiger partial charge in [-0.1, -0.05) is 11.6 Å². The number of piperidine rings is 1. The summed E-state index contributed by atoms with van der Waals surface area (Å²) in [5.41, 5.74) is 0.871. The highest BCUT2D eigenvalue weighted by Gasteiger charge is 2.43. The number of amides is 1. The molecule has 1 unspecified atom stereocenters. The van der Waals surface area contributed by atoms with Crippen molar-refractivity contribution >= 4 is 23.3 Å². The van der Waals surface area contributed by atoms with E-state index in [1.54, 1.807) is 30.6 Å². The molecule has 4 aliphatic rings. The Hall–Kier alpha value is -2.93. The molecule has 1 aromatic heterocycles. The molecule has 10 heteroatoms. The lowest BCUT2D eigenvalue weighted by atomic mass is 9.96. The van der Waals surface area contributed by atoms with Crippen LogP contribution in [-0.2, 0) is 0 Å². The van der Waals surface area contributed by atoms with Gasteiger partial charge in [0.25, 0.3) is 5.91 Å². The van der Waals surface area contributed by atoms with E-state index in [9.17, 15) is 4.79 Å². The summed E-state index contributed by atoms with van der Waals surface area (Å²) in [5.74, 6) is 3.11. The van der Waals surface area contributed by atoms with Gasteiger partial charge in [-0.3, -0.25) is 4.79 Å². The molecule has 1 amide bonds. The lowest BCUT2D eigenvalue weighted by Crippen LogP contribution is -2.47. The Balaban J connectivity index is 0.970. The predicted molar refractivity (Wildman–Crippen MR) is 149 cm³/mol. The van der Waals surface area contributed by atoms with Crippen molar-refractivity contribution in [3.05, 3.63) is 46.9 Å². The van der Waals surface area contributed by atoms with E-state index in [1.807, 2.05) is 4.90 Å². The van der Waals surface area contributed by atoms with Crippen molar-refractivity contribution in [3.63, 3.8) is 0 Å². The van der Waals surface area contributed by atoms with Crippen LogP contribution in [-0.4, -0.2) is 90.7 Å². The van der Waals surface area contributed by atoms with Crippen molar-refractivity contribution in [1.29, 1.82) is 5.26 Å². The van der Waals surface area contributed by atoms with Crippen LogP contribution in [0, 0.1) is 29.1 Å². The Labute approximate surface area is 235 Å². The third-order valence-corrected chi connectivity index (χ3v) is 9.19. The Morgan fingerprint density at radius 1 is 1.08 bits per heavy atom. The quantitative estimate of drug-likeness (QED) is 0.587. The van der Waals surface area contributed by atoms with Crippen molar-refractivity contribution in [2.24, 2.45) is 17.8 Å². The zero-order chi connectivity index (χ0) is 26.8. The molecule has 6 rings (SSSR count). The molecule has 4 heterocycles. The lowest BCUT2D eigenvalue weighted by molar-refractivity contribution is 0.0763. The molecule has 2 aromatic rings. The molecule has 1 aromatic carbocycles. The minimum Gasteiger partial charge on any atom is -0.490 e. The molecule has 4 fully saturated rings. The number of aromatic nitrogens is 2. The van der Waals surface area contributed by atoms with Crippen molar-refractivity contribution in [2.75, 3.05) is 63.8 Å². The van der Waals surface area contributed by atoms with Crippen LogP contribution in [0.1, 0.15) is 41.7 Å². The number of hydrogen-bond donors (Lipinski definition) is 1. The number of likely N-dealkylation sites (tertiary alicyclic amines) is 1. The summed E-state index contributed by atoms with van der Waals surface area (Å²) in [6.45, 7) is 9.14. The van der Waals surface area contributed by atoms with Crippen LogP contribution in [0.2, 0.25) is 5.02 Å². The topological polar surface area (TPSA) is 97.6 Å². The van der Waals surface area contributed by atoms with Gasteiger partial charge in [-0.25, -0.2) is 9.97 Å². The van der Waals surface area contributed by atoms with Gasteiger partial charge in [-0.2, -0.15) is 5.26 Å². The van der Waals surface area contributed by atoms with Gasteiger partial charge in [0.05, 0.1) is 29.1 Å². The number of hydrogen-bond acceptors (Lipinski definition) is 8. The standard InChI is InChI=1S/C29H36ClN7O2/c30-26-13-24(2-1-21(26)14-31)39-25-11-22-18-37(19-23(22)12-25)29(38)27-15-34-28(16-33-27)36-7-3-20(4-8-36)17-35-9-5-32-6-10-35/h1-2,13,15-16,20,22-23,25,32H,3-12,17-19H2/t22-,23+,25?. The van der Waals surface area contributed by atoms with Crippen molar-refractivity contribution in [2.45, 2.75) is 31.8 Å². The van der Waals surface area contributed by atoms with Crippen LogP contribution in [0.5, 0.6) is 5.75 Å². The first-order valence-corrected chi connectivity index (χ1v) is 14.6. The molecule has 3 saturated heterocycles. The number of anilines is 1. The first kappa shape index (κ1) is 26.3. The molecule has 1 saturated carbocycles. The van der Waals surface area contributed by atoms with E-state index >= 15 is 0 Å². The van der Waals surface area contributed by atoms with E-state index in [2.05, 4.69) is 31.2 Å². The van der Waals surface area contributed by atoms with Gasteiger partial charge in [0.1, 0.15) is 23.3 Å². The number of ether oxygens (including phenoxy) is 1. The number of rotatable bonds is 6. The second kappa shape index (κ2) is 11.7. The molecule has 0 bridgehead atoms. The Morgan fingerprint density at radius 2 is 1.82 bits per heavy atom. The van der Waals surface area contributed by atoms with Crippen molar-refractivity contribution in [1.82, 2.24) is 25.1 Å². The summed E-state index contributed by atoms with van der Waals surface area (Å²) in [6, 6.07) is 7.27. The van der Waals surface area contributed by atoms with Crippen molar-refractivity contribution < 1.29 is 9.53 Å². The number of nitrogens with zero attached hydrogens (tertiary/aromatic N) is 6. The highest BCUT2D eigenvalue weighted by molar-refractivity contribution is 6.31. The van der Waals surface area contributed by atoms with E-state index in [0.717, 1.165) is 76.9 Å². The maximum absolute atomic E-state index is 13.2. The van der Waals surface area contributed by atoms with Crippen LogP contribution < -0.4 is 15.0 Å². The minimum absolute atomic E-state index is 0.0329. The third kappa shape index (κ3) is 5.98. The fourth-order valence-corrected chi connectivity index (χ4v) is 6.93. The Kier molecular flexibility index (Phi) is 7.87. The average Bonchev–Trinajstić information content (AvgIpc) is 3.53.